The Balaban J connectivity index is 0. The van der Waals surface area contributed by atoms with Crippen molar-refractivity contribution in [2.45, 2.75) is 52.1 Å². The predicted molar refractivity (Wildman–Crippen MR) is 59.2 cm³/mol. The molecule has 0 bridgehead atoms. The molecule has 0 heterocycles. The SMILES string of the molecule is CCCCCC(CC)C(=O)O.O=C(O)C(F)(F)F. The summed E-state index contributed by atoms with van der Waals surface area (Å²) in [6.45, 7) is 4.06. The van der Waals surface area contributed by atoms with Crippen molar-refractivity contribution in [2.24, 2.45) is 5.92 Å². The maximum absolute atomic E-state index is 10.6. The molecule has 0 aromatic rings. The van der Waals surface area contributed by atoms with Gasteiger partial charge in [0.25, 0.3) is 0 Å². The Morgan fingerprint density at radius 3 is 1.78 bits per heavy atom. The summed E-state index contributed by atoms with van der Waals surface area (Å²) < 4.78 is 31.7. The van der Waals surface area contributed by atoms with E-state index in [9.17, 15) is 18.0 Å². The summed E-state index contributed by atoms with van der Waals surface area (Å²) in [6, 6.07) is 0. The van der Waals surface area contributed by atoms with Crippen LogP contribution in [0.1, 0.15) is 46.0 Å². The number of rotatable bonds is 6. The van der Waals surface area contributed by atoms with Crippen molar-refractivity contribution < 1.29 is 33.0 Å². The molecule has 0 fully saturated rings. The molecule has 0 aliphatic rings. The predicted octanol–water partition coefficient (Wildman–Crippen LogP) is 3.31. The summed E-state index contributed by atoms with van der Waals surface area (Å²) in [4.78, 5) is 19.4. The largest absolute Gasteiger partial charge is 0.490 e. The quantitative estimate of drug-likeness (QED) is 0.727. The maximum atomic E-state index is 10.6. The Hall–Kier alpha value is -1.27. The van der Waals surface area contributed by atoms with Crippen LogP contribution in [0.5, 0.6) is 0 Å². The van der Waals surface area contributed by atoms with Crippen LogP contribution in [0.4, 0.5) is 13.2 Å². The van der Waals surface area contributed by atoms with Gasteiger partial charge in [0.05, 0.1) is 5.92 Å². The van der Waals surface area contributed by atoms with Crippen molar-refractivity contribution in [3.05, 3.63) is 0 Å². The van der Waals surface area contributed by atoms with Crippen LogP contribution in [-0.4, -0.2) is 28.3 Å². The van der Waals surface area contributed by atoms with Crippen molar-refractivity contribution in [3.8, 4) is 0 Å². The van der Waals surface area contributed by atoms with E-state index in [0.29, 0.717) is 0 Å². The number of carbonyl (C=O) groups is 2. The van der Waals surface area contributed by atoms with Gasteiger partial charge in [-0.1, -0.05) is 33.1 Å². The molecular weight excluding hydrogens is 253 g/mol. The summed E-state index contributed by atoms with van der Waals surface area (Å²) in [7, 11) is 0. The van der Waals surface area contributed by atoms with Crippen LogP contribution in [0.3, 0.4) is 0 Å². The number of carboxylic acids is 2. The van der Waals surface area contributed by atoms with Crippen molar-refractivity contribution in [2.75, 3.05) is 0 Å². The van der Waals surface area contributed by atoms with Crippen LogP contribution in [-0.2, 0) is 9.59 Å². The van der Waals surface area contributed by atoms with E-state index in [2.05, 4.69) is 6.92 Å². The van der Waals surface area contributed by atoms with Gasteiger partial charge in [-0.3, -0.25) is 4.79 Å². The topological polar surface area (TPSA) is 74.6 Å². The van der Waals surface area contributed by atoms with Crippen molar-refractivity contribution in [1.82, 2.24) is 0 Å². The fraction of sp³-hybridized carbons (Fsp3) is 0.818. The van der Waals surface area contributed by atoms with Crippen LogP contribution >= 0.6 is 0 Å². The molecule has 7 heteroatoms. The molecule has 0 spiro atoms. The van der Waals surface area contributed by atoms with Crippen LogP contribution in [0.15, 0.2) is 0 Å². The van der Waals surface area contributed by atoms with Gasteiger partial charge in [0.1, 0.15) is 0 Å². The van der Waals surface area contributed by atoms with E-state index < -0.39 is 18.1 Å². The third-order valence-electron chi connectivity index (χ3n) is 2.24. The molecule has 0 aromatic carbocycles. The normalized spacial score (nSPS) is 12.3. The average molecular weight is 272 g/mol. The second-order valence-electron chi connectivity index (χ2n) is 3.74. The third-order valence-corrected chi connectivity index (χ3v) is 2.24. The molecule has 0 aliphatic carbocycles. The molecular formula is C11H19F3O4. The van der Waals surface area contributed by atoms with Crippen molar-refractivity contribution >= 4 is 11.9 Å². The van der Waals surface area contributed by atoms with Gasteiger partial charge in [-0.15, -0.1) is 0 Å². The summed E-state index contributed by atoms with van der Waals surface area (Å²) in [5, 5.41) is 15.8. The van der Waals surface area contributed by atoms with Gasteiger partial charge in [-0.2, -0.15) is 13.2 Å². The first kappa shape index (κ1) is 19.1. The molecule has 0 aliphatic heterocycles. The van der Waals surface area contributed by atoms with Gasteiger partial charge in [0.15, 0.2) is 0 Å². The Bertz CT molecular complexity index is 251. The lowest BCUT2D eigenvalue weighted by Gasteiger charge is -2.07. The zero-order valence-corrected chi connectivity index (χ0v) is 10.5. The molecule has 18 heavy (non-hydrogen) atoms. The summed E-state index contributed by atoms with van der Waals surface area (Å²) in [6.07, 6.45) is -0.0974. The zero-order chi connectivity index (χ0) is 14.8. The summed E-state index contributed by atoms with van der Waals surface area (Å²) in [5.74, 6) is -3.50. The van der Waals surface area contributed by atoms with Gasteiger partial charge < -0.3 is 10.2 Å². The maximum Gasteiger partial charge on any atom is 0.490 e. The van der Waals surface area contributed by atoms with Gasteiger partial charge in [-0.25, -0.2) is 4.79 Å². The van der Waals surface area contributed by atoms with Crippen LogP contribution < -0.4 is 0 Å². The Morgan fingerprint density at radius 1 is 1.11 bits per heavy atom. The van der Waals surface area contributed by atoms with E-state index in [1.165, 1.54) is 0 Å². The first-order valence-electron chi connectivity index (χ1n) is 5.69. The lowest BCUT2D eigenvalue weighted by atomic mass is 9.99. The van der Waals surface area contributed by atoms with E-state index in [1.807, 2.05) is 6.92 Å². The first-order chi connectivity index (χ1) is 8.16. The van der Waals surface area contributed by atoms with Gasteiger partial charge in [0.2, 0.25) is 0 Å². The number of hydrogen-bond acceptors (Lipinski definition) is 2. The molecule has 4 nitrogen and oxygen atoms in total. The molecule has 0 saturated carbocycles. The third kappa shape index (κ3) is 11.2. The standard InChI is InChI=1S/C9H18O2.C2HF3O2/c1-3-5-6-7-8(4-2)9(10)11;3-2(4,5)1(6)7/h8H,3-7H2,1-2H3,(H,10,11);(H,6,7). The molecule has 0 saturated heterocycles. The van der Waals surface area contributed by atoms with Crippen molar-refractivity contribution in [1.29, 1.82) is 0 Å². The molecule has 2 N–H and O–H groups in total. The minimum Gasteiger partial charge on any atom is -0.481 e. The number of unbranched alkanes of at least 4 members (excludes halogenated alkanes) is 2. The van der Waals surface area contributed by atoms with Gasteiger partial charge in [-0.05, 0) is 12.8 Å². The highest BCUT2D eigenvalue weighted by Gasteiger charge is 2.38. The minimum atomic E-state index is -5.08. The van der Waals surface area contributed by atoms with E-state index in [4.69, 9.17) is 15.0 Å². The molecule has 0 rings (SSSR count). The molecule has 0 amide bonds. The monoisotopic (exact) mass is 272 g/mol. The highest BCUT2D eigenvalue weighted by molar-refractivity contribution is 5.73. The lowest BCUT2D eigenvalue weighted by molar-refractivity contribution is -0.192. The molecule has 1 unspecified atom stereocenters. The molecule has 0 aromatic heterocycles. The number of aliphatic carboxylic acids is 2. The van der Waals surface area contributed by atoms with E-state index in [1.54, 1.807) is 0 Å². The van der Waals surface area contributed by atoms with Crippen LogP contribution in [0.25, 0.3) is 0 Å². The molecule has 1 atom stereocenters. The second-order valence-corrected chi connectivity index (χ2v) is 3.74. The Morgan fingerprint density at radius 2 is 1.56 bits per heavy atom. The van der Waals surface area contributed by atoms with Crippen LogP contribution in [0.2, 0.25) is 0 Å². The molecule has 108 valence electrons. The fourth-order valence-electron chi connectivity index (χ4n) is 1.14. The van der Waals surface area contributed by atoms with Gasteiger partial charge >= 0.3 is 18.1 Å². The highest BCUT2D eigenvalue weighted by atomic mass is 19.4. The Labute approximate surface area is 104 Å². The average Bonchev–Trinajstić information content (AvgIpc) is 2.23. The molecule has 0 radical (unpaired) electrons. The van der Waals surface area contributed by atoms with Gasteiger partial charge in [0, 0.05) is 0 Å². The number of alkyl halides is 3. The van der Waals surface area contributed by atoms with E-state index in [-0.39, 0.29) is 5.92 Å². The number of halogens is 3. The summed E-state index contributed by atoms with van der Waals surface area (Å²) >= 11 is 0. The minimum absolute atomic E-state index is 0.110. The number of carboxylic acid groups (broad SMARTS) is 2. The smallest absolute Gasteiger partial charge is 0.481 e. The van der Waals surface area contributed by atoms with Crippen LogP contribution in [0, 0.1) is 5.92 Å². The van der Waals surface area contributed by atoms with E-state index in [0.717, 1.165) is 32.1 Å². The van der Waals surface area contributed by atoms with Crippen molar-refractivity contribution in [3.63, 3.8) is 0 Å². The first-order valence-corrected chi connectivity index (χ1v) is 5.69. The zero-order valence-electron chi connectivity index (χ0n) is 10.5. The number of hydrogen-bond donors (Lipinski definition) is 2. The van der Waals surface area contributed by atoms with E-state index >= 15 is 0 Å². The second kappa shape index (κ2) is 9.73. The highest BCUT2D eigenvalue weighted by Crippen LogP contribution is 2.13. The summed E-state index contributed by atoms with van der Waals surface area (Å²) in [5.41, 5.74) is 0. The fourth-order valence-corrected chi connectivity index (χ4v) is 1.14. The lowest BCUT2D eigenvalue weighted by Crippen LogP contribution is -2.21. The Kier molecular flexibility index (Phi) is 10.3.